The Morgan fingerprint density at radius 3 is 2.40 bits per heavy atom. The molecule has 0 amide bonds. The molecule has 0 aliphatic carbocycles. The van der Waals surface area contributed by atoms with E-state index >= 15 is 0 Å². The van der Waals surface area contributed by atoms with Crippen LogP contribution in [0.15, 0.2) is 35.3 Å². The summed E-state index contributed by atoms with van der Waals surface area (Å²) in [5, 5.41) is 7.09. The van der Waals surface area contributed by atoms with Gasteiger partial charge in [0.25, 0.3) is 0 Å². The number of aliphatic imine (C=N–C) groups is 1. The van der Waals surface area contributed by atoms with Crippen LogP contribution in [0.2, 0.25) is 0 Å². The lowest BCUT2D eigenvalue weighted by Gasteiger charge is -2.47. The van der Waals surface area contributed by atoms with Crippen LogP contribution in [0.25, 0.3) is 0 Å². The van der Waals surface area contributed by atoms with Gasteiger partial charge in [0.05, 0.1) is 0 Å². The van der Waals surface area contributed by atoms with Gasteiger partial charge < -0.3 is 10.6 Å². The molecule has 0 spiro atoms. The summed E-state index contributed by atoms with van der Waals surface area (Å²) in [5.41, 5.74) is 1.36. The third-order valence-electron chi connectivity index (χ3n) is 5.56. The molecule has 1 aromatic carbocycles. The highest BCUT2D eigenvalue weighted by molar-refractivity contribution is 14.0. The summed E-state index contributed by atoms with van der Waals surface area (Å²) in [7, 11) is 1.85. The van der Waals surface area contributed by atoms with Crippen molar-refractivity contribution >= 4 is 29.9 Å². The molecule has 2 bridgehead atoms. The van der Waals surface area contributed by atoms with Crippen molar-refractivity contribution in [3.63, 3.8) is 0 Å². The number of nitrogens with zero attached hydrogens (tertiary/aromatic N) is 3. The normalized spacial score (nSPS) is 28.0. The van der Waals surface area contributed by atoms with Crippen molar-refractivity contribution < 1.29 is 0 Å². The average Bonchev–Trinajstić information content (AvgIpc) is 2.66. The topological polar surface area (TPSA) is 42.9 Å². The minimum atomic E-state index is 0. The van der Waals surface area contributed by atoms with Crippen LogP contribution in [-0.2, 0) is 0 Å². The van der Waals surface area contributed by atoms with E-state index in [1.54, 1.807) is 0 Å². The van der Waals surface area contributed by atoms with Crippen LogP contribution < -0.4 is 10.6 Å². The van der Waals surface area contributed by atoms with Gasteiger partial charge in [-0.3, -0.25) is 14.8 Å². The van der Waals surface area contributed by atoms with Crippen LogP contribution in [0.4, 0.5) is 0 Å². The number of halogens is 1. The Morgan fingerprint density at radius 1 is 1.16 bits per heavy atom. The lowest BCUT2D eigenvalue weighted by molar-refractivity contribution is 0.0154. The third kappa shape index (κ3) is 5.31. The summed E-state index contributed by atoms with van der Waals surface area (Å²) < 4.78 is 0. The molecule has 4 rings (SSSR count). The SMILES string of the molecule is CN=C(NCC1CN2CCN1CC2)NC(C)C(C)c1ccccc1.I. The highest BCUT2D eigenvalue weighted by Crippen LogP contribution is 2.18. The van der Waals surface area contributed by atoms with Crippen molar-refractivity contribution in [3.05, 3.63) is 35.9 Å². The molecule has 3 atom stereocenters. The van der Waals surface area contributed by atoms with Crippen molar-refractivity contribution in [3.8, 4) is 0 Å². The summed E-state index contributed by atoms with van der Waals surface area (Å²) in [5.74, 6) is 1.34. The molecule has 5 nitrogen and oxygen atoms in total. The van der Waals surface area contributed by atoms with Gasteiger partial charge in [-0.2, -0.15) is 0 Å². The molecule has 0 aromatic heterocycles. The van der Waals surface area contributed by atoms with E-state index in [0.29, 0.717) is 18.0 Å². The van der Waals surface area contributed by atoms with E-state index in [4.69, 9.17) is 0 Å². The highest BCUT2D eigenvalue weighted by atomic mass is 127. The van der Waals surface area contributed by atoms with Crippen molar-refractivity contribution in [1.82, 2.24) is 20.4 Å². The maximum absolute atomic E-state index is 4.41. The highest BCUT2D eigenvalue weighted by Gasteiger charge is 2.31. The fourth-order valence-corrected chi connectivity index (χ4v) is 3.71. The molecule has 0 radical (unpaired) electrons. The van der Waals surface area contributed by atoms with Gasteiger partial charge in [0.2, 0.25) is 0 Å². The maximum Gasteiger partial charge on any atom is 0.191 e. The van der Waals surface area contributed by atoms with Gasteiger partial charge in [-0.1, -0.05) is 37.3 Å². The molecule has 1 aromatic rings. The molecular formula is C19H32IN5. The van der Waals surface area contributed by atoms with Crippen molar-refractivity contribution in [2.24, 2.45) is 4.99 Å². The van der Waals surface area contributed by atoms with Crippen LogP contribution in [0.3, 0.4) is 0 Å². The number of hydrogen-bond donors (Lipinski definition) is 2. The van der Waals surface area contributed by atoms with Crippen LogP contribution in [0.1, 0.15) is 25.3 Å². The van der Waals surface area contributed by atoms with Crippen LogP contribution >= 0.6 is 24.0 Å². The predicted molar refractivity (Wildman–Crippen MR) is 116 cm³/mol. The van der Waals surface area contributed by atoms with Crippen LogP contribution in [0, 0.1) is 0 Å². The van der Waals surface area contributed by atoms with E-state index in [9.17, 15) is 0 Å². The first-order valence-corrected chi connectivity index (χ1v) is 9.16. The molecule has 3 saturated heterocycles. The zero-order chi connectivity index (χ0) is 16.9. The molecule has 3 aliphatic rings. The first-order chi connectivity index (χ1) is 11.7. The van der Waals surface area contributed by atoms with E-state index in [2.05, 4.69) is 69.6 Å². The van der Waals surface area contributed by atoms with Gasteiger partial charge in [-0.05, 0) is 12.5 Å². The molecule has 3 fully saturated rings. The fraction of sp³-hybridized carbons (Fsp3) is 0.632. The summed E-state index contributed by atoms with van der Waals surface area (Å²) in [6.45, 7) is 11.5. The molecule has 6 heteroatoms. The minimum Gasteiger partial charge on any atom is -0.355 e. The Kier molecular flexibility index (Phi) is 7.96. The Hall–Kier alpha value is -0.860. The number of piperazine rings is 3. The third-order valence-corrected chi connectivity index (χ3v) is 5.56. The number of nitrogens with one attached hydrogen (secondary N) is 2. The molecule has 3 unspecified atom stereocenters. The lowest BCUT2D eigenvalue weighted by atomic mass is 9.94. The summed E-state index contributed by atoms with van der Waals surface area (Å²) in [6.07, 6.45) is 0. The standard InChI is InChI=1S/C19H31N5.HI/c1-15(17-7-5-4-6-8-17)16(2)22-19(20-3)21-13-18-14-23-9-11-24(18)12-10-23;/h4-8,15-16,18H,9-14H2,1-3H3,(H2,20,21,22);1H. The molecular weight excluding hydrogens is 425 g/mol. The van der Waals surface area contributed by atoms with Crippen LogP contribution in [-0.4, -0.2) is 74.2 Å². The zero-order valence-electron chi connectivity index (χ0n) is 15.6. The molecule has 3 heterocycles. The van der Waals surface area contributed by atoms with E-state index in [1.165, 1.54) is 38.3 Å². The Balaban J connectivity index is 0.00000225. The second kappa shape index (κ2) is 9.73. The molecule has 25 heavy (non-hydrogen) atoms. The summed E-state index contributed by atoms with van der Waals surface area (Å²) in [4.78, 5) is 9.59. The van der Waals surface area contributed by atoms with Gasteiger partial charge in [0, 0.05) is 64.3 Å². The monoisotopic (exact) mass is 457 g/mol. The van der Waals surface area contributed by atoms with E-state index < -0.39 is 0 Å². The Bertz CT molecular complexity index is 542. The van der Waals surface area contributed by atoms with Crippen molar-refractivity contribution in [2.75, 3.05) is 46.3 Å². The van der Waals surface area contributed by atoms with E-state index in [1.807, 2.05) is 7.05 Å². The second-order valence-electron chi connectivity index (χ2n) is 7.08. The fourth-order valence-electron chi connectivity index (χ4n) is 3.71. The van der Waals surface area contributed by atoms with Gasteiger partial charge in [0.15, 0.2) is 5.96 Å². The number of fused-ring (bicyclic) bond motifs is 3. The first-order valence-electron chi connectivity index (χ1n) is 9.16. The maximum atomic E-state index is 4.41. The molecule has 3 aliphatic heterocycles. The molecule has 2 N–H and O–H groups in total. The Labute approximate surface area is 169 Å². The van der Waals surface area contributed by atoms with Gasteiger partial charge in [-0.15, -0.1) is 24.0 Å². The smallest absolute Gasteiger partial charge is 0.191 e. The van der Waals surface area contributed by atoms with E-state index in [-0.39, 0.29) is 24.0 Å². The first kappa shape index (κ1) is 20.5. The number of benzene rings is 1. The van der Waals surface area contributed by atoms with E-state index in [0.717, 1.165) is 12.5 Å². The largest absolute Gasteiger partial charge is 0.355 e. The number of rotatable bonds is 5. The van der Waals surface area contributed by atoms with Gasteiger partial charge >= 0.3 is 0 Å². The molecule has 0 saturated carbocycles. The van der Waals surface area contributed by atoms with Crippen molar-refractivity contribution in [1.29, 1.82) is 0 Å². The lowest BCUT2D eigenvalue weighted by Crippen LogP contribution is -2.64. The summed E-state index contributed by atoms with van der Waals surface area (Å²) in [6, 6.07) is 11.6. The zero-order valence-corrected chi connectivity index (χ0v) is 17.9. The second-order valence-corrected chi connectivity index (χ2v) is 7.08. The average molecular weight is 457 g/mol. The number of hydrogen-bond acceptors (Lipinski definition) is 3. The number of guanidine groups is 1. The quantitative estimate of drug-likeness (QED) is 0.403. The Morgan fingerprint density at radius 2 is 1.84 bits per heavy atom. The van der Waals surface area contributed by atoms with Crippen molar-refractivity contribution in [2.45, 2.75) is 31.8 Å². The minimum absolute atomic E-state index is 0. The summed E-state index contributed by atoms with van der Waals surface area (Å²) >= 11 is 0. The van der Waals surface area contributed by atoms with Gasteiger partial charge in [-0.25, -0.2) is 0 Å². The van der Waals surface area contributed by atoms with Gasteiger partial charge in [0.1, 0.15) is 0 Å². The molecule has 140 valence electrons. The predicted octanol–water partition coefficient (Wildman–Crippen LogP) is 1.96. The van der Waals surface area contributed by atoms with Crippen LogP contribution in [0.5, 0.6) is 0 Å².